The molecule has 0 bridgehead atoms. The van der Waals surface area contributed by atoms with E-state index in [9.17, 15) is 0 Å². The number of nitrogens with one attached hydrogen (secondary N) is 1. The number of para-hydroxylation sites is 1. The summed E-state index contributed by atoms with van der Waals surface area (Å²) >= 11 is 1.95. The zero-order valence-electron chi connectivity index (χ0n) is 11.6. The van der Waals surface area contributed by atoms with Gasteiger partial charge in [0.15, 0.2) is 0 Å². The van der Waals surface area contributed by atoms with Gasteiger partial charge in [0.25, 0.3) is 0 Å². The van der Waals surface area contributed by atoms with E-state index in [1.807, 2.05) is 11.8 Å². The lowest BCUT2D eigenvalue weighted by molar-refractivity contribution is 0.244. The molecule has 1 aliphatic heterocycles. The van der Waals surface area contributed by atoms with Crippen LogP contribution in [0.3, 0.4) is 0 Å². The molecule has 0 spiro atoms. The molecular weight excluding hydrogens is 240 g/mol. The zero-order chi connectivity index (χ0) is 13.0. The SMILES string of the molecule is CCC(CSC)N(C)CC1CNc2ccccc21. The molecule has 100 valence electrons. The van der Waals surface area contributed by atoms with Crippen molar-refractivity contribution >= 4 is 17.4 Å². The molecule has 0 fully saturated rings. The van der Waals surface area contributed by atoms with Crippen molar-refractivity contribution in [3.63, 3.8) is 0 Å². The van der Waals surface area contributed by atoms with Crippen molar-refractivity contribution in [3.05, 3.63) is 29.8 Å². The number of fused-ring (bicyclic) bond motifs is 1. The molecule has 2 rings (SSSR count). The number of hydrogen-bond donors (Lipinski definition) is 1. The lowest BCUT2D eigenvalue weighted by Crippen LogP contribution is -2.36. The summed E-state index contributed by atoms with van der Waals surface area (Å²) in [6.45, 7) is 4.53. The molecule has 1 aromatic rings. The maximum Gasteiger partial charge on any atom is 0.0376 e. The molecule has 2 atom stereocenters. The second kappa shape index (κ2) is 6.48. The molecule has 0 aromatic heterocycles. The summed E-state index contributed by atoms with van der Waals surface area (Å²) in [7, 11) is 2.27. The number of thioether (sulfide) groups is 1. The third-order valence-corrected chi connectivity index (χ3v) is 4.62. The van der Waals surface area contributed by atoms with Crippen molar-refractivity contribution in [1.82, 2.24) is 4.90 Å². The van der Waals surface area contributed by atoms with E-state index in [4.69, 9.17) is 0 Å². The second-order valence-corrected chi connectivity index (χ2v) is 6.03. The van der Waals surface area contributed by atoms with Crippen molar-refractivity contribution in [2.24, 2.45) is 0 Å². The van der Waals surface area contributed by atoms with Gasteiger partial charge in [-0.1, -0.05) is 25.1 Å². The Morgan fingerprint density at radius 2 is 2.22 bits per heavy atom. The number of hydrogen-bond acceptors (Lipinski definition) is 3. The Bertz CT molecular complexity index is 381. The van der Waals surface area contributed by atoms with Gasteiger partial charge in [-0.05, 0) is 31.4 Å². The molecule has 18 heavy (non-hydrogen) atoms. The maximum atomic E-state index is 3.51. The number of likely N-dealkylation sites (N-methyl/N-ethyl adjacent to an activating group) is 1. The molecule has 2 nitrogen and oxygen atoms in total. The van der Waals surface area contributed by atoms with Gasteiger partial charge in [-0.2, -0.15) is 11.8 Å². The molecule has 0 saturated heterocycles. The van der Waals surface area contributed by atoms with Gasteiger partial charge in [0.1, 0.15) is 0 Å². The van der Waals surface area contributed by atoms with Gasteiger partial charge in [0, 0.05) is 36.5 Å². The van der Waals surface area contributed by atoms with Crippen LogP contribution in [0.2, 0.25) is 0 Å². The van der Waals surface area contributed by atoms with Crippen LogP contribution in [-0.2, 0) is 0 Å². The fourth-order valence-corrected chi connectivity index (χ4v) is 3.64. The Morgan fingerprint density at radius 1 is 1.44 bits per heavy atom. The Balaban J connectivity index is 1.98. The zero-order valence-corrected chi connectivity index (χ0v) is 12.5. The highest BCUT2D eigenvalue weighted by molar-refractivity contribution is 7.98. The van der Waals surface area contributed by atoms with Crippen molar-refractivity contribution in [3.8, 4) is 0 Å². The molecule has 1 aliphatic rings. The molecular formula is C15H24N2S. The number of nitrogens with zero attached hydrogens (tertiary/aromatic N) is 1. The third kappa shape index (κ3) is 3.01. The minimum atomic E-state index is 0.641. The predicted octanol–water partition coefficient (Wildman–Crippen LogP) is 3.27. The smallest absolute Gasteiger partial charge is 0.0376 e. The van der Waals surface area contributed by atoms with Gasteiger partial charge < -0.3 is 10.2 Å². The van der Waals surface area contributed by atoms with Crippen molar-refractivity contribution in [2.75, 3.05) is 37.5 Å². The molecule has 1 heterocycles. The summed E-state index contributed by atoms with van der Waals surface area (Å²) in [5.41, 5.74) is 2.82. The normalized spacial score (nSPS) is 19.7. The molecule has 0 radical (unpaired) electrons. The summed E-state index contributed by atoms with van der Waals surface area (Å²) < 4.78 is 0. The first-order valence-electron chi connectivity index (χ1n) is 6.78. The predicted molar refractivity (Wildman–Crippen MR) is 82.8 cm³/mol. The summed E-state index contributed by atoms with van der Waals surface area (Å²) in [4.78, 5) is 2.53. The van der Waals surface area contributed by atoms with E-state index in [2.05, 4.69) is 54.7 Å². The summed E-state index contributed by atoms with van der Waals surface area (Å²) in [5.74, 6) is 1.87. The van der Waals surface area contributed by atoms with E-state index in [0.717, 1.165) is 13.1 Å². The van der Waals surface area contributed by atoms with Gasteiger partial charge in [0.2, 0.25) is 0 Å². The molecule has 3 heteroatoms. The van der Waals surface area contributed by atoms with Crippen LogP contribution < -0.4 is 5.32 Å². The summed E-state index contributed by atoms with van der Waals surface area (Å²) in [6, 6.07) is 9.42. The quantitative estimate of drug-likeness (QED) is 0.849. The van der Waals surface area contributed by atoms with Crippen molar-refractivity contribution < 1.29 is 0 Å². The Hall–Kier alpha value is -0.670. The fourth-order valence-electron chi connectivity index (χ4n) is 2.77. The molecule has 1 N–H and O–H groups in total. The van der Waals surface area contributed by atoms with Crippen LogP contribution in [0.1, 0.15) is 24.8 Å². The molecule has 1 aromatic carbocycles. The van der Waals surface area contributed by atoms with Crippen LogP contribution in [0.25, 0.3) is 0 Å². The van der Waals surface area contributed by atoms with Gasteiger partial charge in [0.05, 0.1) is 0 Å². The lowest BCUT2D eigenvalue weighted by atomic mass is 10.0. The average molecular weight is 264 g/mol. The van der Waals surface area contributed by atoms with Crippen LogP contribution in [0.15, 0.2) is 24.3 Å². The van der Waals surface area contributed by atoms with E-state index >= 15 is 0 Å². The van der Waals surface area contributed by atoms with Crippen LogP contribution in [0, 0.1) is 0 Å². The Morgan fingerprint density at radius 3 is 2.94 bits per heavy atom. The van der Waals surface area contributed by atoms with Gasteiger partial charge in [-0.15, -0.1) is 0 Å². The largest absolute Gasteiger partial charge is 0.384 e. The van der Waals surface area contributed by atoms with Crippen LogP contribution >= 0.6 is 11.8 Å². The second-order valence-electron chi connectivity index (χ2n) is 5.12. The Labute approximate surface area is 115 Å². The first-order valence-corrected chi connectivity index (χ1v) is 8.17. The molecule has 0 saturated carbocycles. The highest BCUT2D eigenvalue weighted by atomic mass is 32.2. The van der Waals surface area contributed by atoms with E-state index in [1.54, 1.807) is 0 Å². The van der Waals surface area contributed by atoms with Crippen LogP contribution in [0.4, 0.5) is 5.69 Å². The monoisotopic (exact) mass is 264 g/mol. The molecule has 0 amide bonds. The maximum absolute atomic E-state index is 3.51. The number of rotatable bonds is 6. The first kappa shape index (κ1) is 13.8. The van der Waals surface area contributed by atoms with Crippen molar-refractivity contribution in [2.45, 2.75) is 25.3 Å². The highest BCUT2D eigenvalue weighted by Crippen LogP contribution is 2.31. The minimum Gasteiger partial charge on any atom is -0.384 e. The van der Waals surface area contributed by atoms with E-state index < -0.39 is 0 Å². The highest BCUT2D eigenvalue weighted by Gasteiger charge is 2.24. The first-order chi connectivity index (χ1) is 8.76. The van der Waals surface area contributed by atoms with Gasteiger partial charge in [-0.25, -0.2) is 0 Å². The Kier molecular flexibility index (Phi) is 4.95. The number of benzene rings is 1. The summed E-state index contributed by atoms with van der Waals surface area (Å²) in [6.07, 6.45) is 3.43. The van der Waals surface area contributed by atoms with Crippen LogP contribution in [0.5, 0.6) is 0 Å². The van der Waals surface area contributed by atoms with Crippen molar-refractivity contribution in [1.29, 1.82) is 0 Å². The average Bonchev–Trinajstić information content (AvgIpc) is 2.79. The van der Waals surface area contributed by atoms with Gasteiger partial charge in [-0.3, -0.25) is 0 Å². The van der Waals surface area contributed by atoms with E-state index in [0.29, 0.717) is 12.0 Å². The minimum absolute atomic E-state index is 0.641. The topological polar surface area (TPSA) is 15.3 Å². The third-order valence-electron chi connectivity index (χ3n) is 3.90. The van der Waals surface area contributed by atoms with Gasteiger partial charge >= 0.3 is 0 Å². The van der Waals surface area contributed by atoms with E-state index in [-0.39, 0.29) is 0 Å². The molecule has 0 aliphatic carbocycles. The summed E-state index contributed by atoms with van der Waals surface area (Å²) in [5, 5.41) is 3.51. The fraction of sp³-hybridized carbons (Fsp3) is 0.600. The van der Waals surface area contributed by atoms with Crippen LogP contribution in [-0.4, -0.2) is 43.1 Å². The molecule has 2 unspecified atom stereocenters. The standard InChI is InChI=1S/C15H24N2S/c1-4-13(11-18-3)17(2)10-12-9-16-15-8-6-5-7-14(12)15/h5-8,12-13,16H,4,9-11H2,1-3H3. The lowest BCUT2D eigenvalue weighted by Gasteiger charge is -2.29. The number of anilines is 1. The van der Waals surface area contributed by atoms with E-state index in [1.165, 1.54) is 23.4 Å².